The molecular formula is C18H25FN2O4. The highest BCUT2D eigenvalue weighted by molar-refractivity contribution is 5.86. The number of carboxylic acids is 1. The van der Waals surface area contributed by atoms with E-state index in [1.165, 1.54) is 6.07 Å². The van der Waals surface area contributed by atoms with Crippen molar-refractivity contribution in [3.8, 4) is 0 Å². The van der Waals surface area contributed by atoms with Gasteiger partial charge in [-0.25, -0.2) is 9.18 Å². The van der Waals surface area contributed by atoms with Crippen LogP contribution in [-0.4, -0.2) is 59.3 Å². The minimum atomic E-state index is -1.71. The minimum Gasteiger partial charge on any atom is -0.479 e. The average molecular weight is 352 g/mol. The van der Waals surface area contributed by atoms with Crippen LogP contribution in [0.2, 0.25) is 0 Å². The number of rotatable bonds is 6. The number of hydrogen-bond donors (Lipinski definition) is 2. The Hall–Kier alpha value is -2.15. The van der Waals surface area contributed by atoms with Crippen molar-refractivity contribution in [1.82, 2.24) is 4.90 Å². The summed E-state index contributed by atoms with van der Waals surface area (Å²) in [6.07, 6.45) is -1.40. The number of carboxylic acid groups (broad SMARTS) is 1. The Morgan fingerprint density at radius 2 is 1.76 bits per heavy atom. The minimum absolute atomic E-state index is 0.0858. The summed E-state index contributed by atoms with van der Waals surface area (Å²) >= 11 is 0. The molecule has 2 rings (SSSR count). The van der Waals surface area contributed by atoms with Crippen molar-refractivity contribution in [3.05, 3.63) is 30.1 Å². The molecule has 1 aromatic carbocycles. The van der Waals surface area contributed by atoms with Crippen molar-refractivity contribution in [1.29, 1.82) is 0 Å². The van der Waals surface area contributed by atoms with E-state index >= 15 is 0 Å². The summed E-state index contributed by atoms with van der Waals surface area (Å²) in [5, 5.41) is 19.0. The van der Waals surface area contributed by atoms with Gasteiger partial charge < -0.3 is 20.0 Å². The van der Waals surface area contributed by atoms with Gasteiger partial charge in [-0.05, 0) is 24.5 Å². The van der Waals surface area contributed by atoms with E-state index in [4.69, 9.17) is 5.11 Å². The summed E-state index contributed by atoms with van der Waals surface area (Å²) in [5.74, 6) is -2.91. The van der Waals surface area contributed by atoms with E-state index in [0.29, 0.717) is 38.3 Å². The SMILES string of the molecule is CC(C)C[C@H](C(=O)N1CCN(c2ccccc2F)CC1)[C@@H](O)C(=O)O. The number of benzene rings is 1. The lowest BCUT2D eigenvalue weighted by Crippen LogP contribution is -2.53. The number of piperazine rings is 1. The summed E-state index contributed by atoms with van der Waals surface area (Å²) in [5.41, 5.74) is 0.499. The Labute approximate surface area is 146 Å². The monoisotopic (exact) mass is 352 g/mol. The van der Waals surface area contributed by atoms with E-state index in [0.717, 1.165) is 0 Å². The van der Waals surface area contributed by atoms with Crippen molar-refractivity contribution >= 4 is 17.6 Å². The van der Waals surface area contributed by atoms with Crippen LogP contribution in [0.4, 0.5) is 10.1 Å². The number of aliphatic hydroxyl groups is 1. The van der Waals surface area contributed by atoms with Gasteiger partial charge in [0.05, 0.1) is 11.6 Å². The summed E-state index contributed by atoms with van der Waals surface area (Å²) in [6.45, 7) is 5.42. The van der Waals surface area contributed by atoms with Crippen molar-refractivity contribution in [2.24, 2.45) is 11.8 Å². The Kier molecular flexibility index (Phi) is 6.36. The maximum absolute atomic E-state index is 13.9. The lowest BCUT2D eigenvalue weighted by atomic mass is 9.90. The molecule has 1 aromatic rings. The predicted molar refractivity (Wildman–Crippen MR) is 91.8 cm³/mol. The second-order valence-corrected chi connectivity index (χ2v) is 6.78. The molecule has 0 bridgehead atoms. The van der Waals surface area contributed by atoms with Crippen LogP contribution in [0.15, 0.2) is 24.3 Å². The van der Waals surface area contributed by atoms with E-state index < -0.39 is 18.0 Å². The Bertz CT molecular complexity index is 615. The third-order valence-corrected chi connectivity index (χ3v) is 4.46. The summed E-state index contributed by atoms with van der Waals surface area (Å²) in [7, 11) is 0. The van der Waals surface area contributed by atoms with Crippen LogP contribution in [0.5, 0.6) is 0 Å². The quantitative estimate of drug-likeness (QED) is 0.812. The van der Waals surface area contributed by atoms with Crippen LogP contribution in [-0.2, 0) is 9.59 Å². The van der Waals surface area contributed by atoms with Gasteiger partial charge in [-0.1, -0.05) is 26.0 Å². The maximum atomic E-state index is 13.9. The van der Waals surface area contributed by atoms with Gasteiger partial charge in [0.1, 0.15) is 5.82 Å². The molecule has 1 fully saturated rings. The predicted octanol–water partition coefficient (Wildman–Crippen LogP) is 1.58. The number of aliphatic hydroxyl groups excluding tert-OH is 1. The highest BCUT2D eigenvalue weighted by atomic mass is 19.1. The standard InChI is InChI=1S/C18H25FN2O4/c1-12(2)11-13(16(22)18(24)25)17(23)21-9-7-20(8-10-21)15-6-4-3-5-14(15)19/h3-6,12-13,16,22H,7-11H2,1-2H3,(H,24,25)/t13-,16+/m0/s1. The molecule has 1 heterocycles. The van der Waals surface area contributed by atoms with Crippen molar-refractivity contribution in [2.45, 2.75) is 26.4 Å². The van der Waals surface area contributed by atoms with E-state index in [1.54, 1.807) is 23.1 Å². The number of para-hydroxylation sites is 1. The van der Waals surface area contributed by atoms with Crippen molar-refractivity contribution in [3.63, 3.8) is 0 Å². The van der Waals surface area contributed by atoms with Crippen LogP contribution in [0.25, 0.3) is 0 Å². The Morgan fingerprint density at radius 3 is 2.28 bits per heavy atom. The first kappa shape index (κ1) is 19.2. The molecule has 1 amide bonds. The fraction of sp³-hybridized carbons (Fsp3) is 0.556. The fourth-order valence-electron chi connectivity index (χ4n) is 3.16. The zero-order valence-electron chi connectivity index (χ0n) is 14.6. The molecule has 7 heteroatoms. The van der Waals surface area contributed by atoms with Gasteiger partial charge in [0.2, 0.25) is 5.91 Å². The van der Waals surface area contributed by atoms with Crippen molar-refractivity contribution in [2.75, 3.05) is 31.1 Å². The van der Waals surface area contributed by atoms with E-state index in [2.05, 4.69) is 0 Å². The molecule has 2 N–H and O–H groups in total. The summed E-state index contributed by atoms with van der Waals surface area (Å²) in [6, 6.07) is 6.48. The van der Waals surface area contributed by atoms with E-state index in [1.807, 2.05) is 18.7 Å². The first-order valence-corrected chi connectivity index (χ1v) is 8.50. The zero-order chi connectivity index (χ0) is 18.6. The van der Waals surface area contributed by atoms with Crippen LogP contribution in [0.3, 0.4) is 0 Å². The number of aliphatic carboxylic acids is 1. The molecule has 0 aromatic heterocycles. The van der Waals surface area contributed by atoms with Gasteiger partial charge in [-0.3, -0.25) is 4.79 Å². The highest BCUT2D eigenvalue weighted by Gasteiger charge is 2.36. The number of nitrogens with zero attached hydrogens (tertiary/aromatic N) is 2. The molecule has 1 aliphatic rings. The third-order valence-electron chi connectivity index (χ3n) is 4.46. The number of carbonyl (C=O) groups is 2. The zero-order valence-corrected chi connectivity index (χ0v) is 14.6. The molecule has 0 unspecified atom stereocenters. The first-order chi connectivity index (χ1) is 11.8. The molecule has 0 aliphatic carbocycles. The Balaban J connectivity index is 2.03. The second-order valence-electron chi connectivity index (χ2n) is 6.78. The summed E-state index contributed by atoms with van der Waals surface area (Å²) in [4.78, 5) is 27.2. The van der Waals surface area contributed by atoms with Gasteiger partial charge in [0.15, 0.2) is 6.10 Å². The van der Waals surface area contributed by atoms with E-state index in [-0.39, 0.29) is 17.6 Å². The molecule has 1 aliphatic heterocycles. The molecule has 0 saturated carbocycles. The van der Waals surface area contributed by atoms with Crippen LogP contribution < -0.4 is 4.90 Å². The lowest BCUT2D eigenvalue weighted by Gasteiger charge is -2.38. The number of carbonyl (C=O) groups excluding carboxylic acids is 1. The number of halogens is 1. The maximum Gasteiger partial charge on any atom is 0.333 e. The first-order valence-electron chi connectivity index (χ1n) is 8.50. The van der Waals surface area contributed by atoms with Gasteiger partial charge >= 0.3 is 5.97 Å². The number of hydrogen-bond acceptors (Lipinski definition) is 4. The van der Waals surface area contributed by atoms with Gasteiger partial charge in [0.25, 0.3) is 0 Å². The fourth-order valence-corrected chi connectivity index (χ4v) is 3.16. The van der Waals surface area contributed by atoms with Gasteiger partial charge in [-0.2, -0.15) is 0 Å². The normalized spacial score (nSPS) is 17.5. The highest BCUT2D eigenvalue weighted by Crippen LogP contribution is 2.23. The molecule has 1 saturated heterocycles. The van der Waals surface area contributed by atoms with Crippen LogP contribution >= 0.6 is 0 Å². The summed E-state index contributed by atoms with van der Waals surface area (Å²) < 4.78 is 13.9. The topological polar surface area (TPSA) is 81.1 Å². The van der Waals surface area contributed by atoms with Crippen molar-refractivity contribution < 1.29 is 24.2 Å². The average Bonchev–Trinajstić information content (AvgIpc) is 2.59. The number of amides is 1. The molecule has 138 valence electrons. The molecule has 0 spiro atoms. The molecule has 2 atom stereocenters. The molecule has 25 heavy (non-hydrogen) atoms. The van der Waals surface area contributed by atoms with Crippen LogP contribution in [0, 0.1) is 17.7 Å². The number of anilines is 1. The molecular weight excluding hydrogens is 327 g/mol. The molecule has 6 nitrogen and oxygen atoms in total. The molecule has 0 radical (unpaired) electrons. The van der Waals surface area contributed by atoms with Gasteiger partial charge in [-0.15, -0.1) is 0 Å². The third kappa shape index (κ3) is 4.69. The van der Waals surface area contributed by atoms with Gasteiger partial charge in [0, 0.05) is 26.2 Å². The van der Waals surface area contributed by atoms with Crippen LogP contribution in [0.1, 0.15) is 20.3 Å². The lowest BCUT2D eigenvalue weighted by molar-refractivity contribution is -0.157. The largest absolute Gasteiger partial charge is 0.479 e. The Morgan fingerprint density at radius 1 is 1.16 bits per heavy atom. The van der Waals surface area contributed by atoms with E-state index in [9.17, 15) is 19.1 Å². The second kappa shape index (κ2) is 8.29. The smallest absolute Gasteiger partial charge is 0.333 e.